The summed E-state index contributed by atoms with van der Waals surface area (Å²) in [7, 11) is -3.04. The molecule has 0 saturated carbocycles. The van der Waals surface area contributed by atoms with Gasteiger partial charge in [-0.25, -0.2) is 12.7 Å². The Balaban J connectivity index is 1.72. The lowest BCUT2D eigenvalue weighted by atomic mass is 9.98. The van der Waals surface area contributed by atoms with Crippen molar-refractivity contribution in [1.82, 2.24) is 9.21 Å². The molecular weight excluding hydrogens is 274 g/mol. The predicted molar refractivity (Wildman–Crippen MR) is 82.0 cm³/mol. The number of nitrogens with zero attached hydrogens (tertiary/aromatic N) is 2. The van der Waals surface area contributed by atoms with Crippen molar-refractivity contribution < 1.29 is 8.42 Å². The minimum absolute atomic E-state index is 0.265. The van der Waals surface area contributed by atoms with E-state index in [9.17, 15) is 8.42 Å². The molecule has 2 aliphatic rings. The van der Waals surface area contributed by atoms with Crippen molar-refractivity contribution in [2.75, 3.05) is 45.0 Å². The first kappa shape index (κ1) is 16.2. The molecule has 0 bridgehead atoms. The summed E-state index contributed by atoms with van der Waals surface area (Å²) in [4.78, 5) is 2.54. The van der Waals surface area contributed by atoms with Gasteiger partial charge in [0.05, 0.1) is 5.75 Å². The fourth-order valence-electron chi connectivity index (χ4n) is 3.26. The molecule has 0 unspecified atom stereocenters. The van der Waals surface area contributed by atoms with Gasteiger partial charge in [0.2, 0.25) is 10.0 Å². The smallest absolute Gasteiger partial charge is 0.214 e. The number of unbranched alkanes of at least 4 members (excludes halogenated alkanes) is 1. The van der Waals surface area contributed by atoms with Crippen LogP contribution in [-0.4, -0.2) is 62.6 Å². The summed E-state index contributed by atoms with van der Waals surface area (Å²) < 4.78 is 26.1. The van der Waals surface area contributed by atoms with E-state index in [0.717, 1.165) is 19.3 Å². The Morgan fingerprint density at radius 3 is 2.25 bits per heavy atom. The fourth-order valence-corrected chi connectivity index (χ4v) is 4.85. The van der Waals surface area contributed by atoms with E-state index in [1.807, 2.05) is 0 Å². The Hall–Kier alpha value is -0.170. The second-order valence-electron chi connectivity index (χ2n) is 6.16. The zero-order valence-electron chi connectivity index (χ0n) is 12.5. The van der Waals surface area contributed by atoms with E-state index in [-0.39, 0.29) is 5.75 Å². The lowest BCUT2D eigenvalue weighted by molar-refractivity contribution is 0.206. The monoisotopic (exact) mass is 303 g/mol. The molecule has 0 aromatic rings. The average Bonchev–Trinajstić information content (AvgIpc) is 2.92. The molecular formula is C14H29N3O2S. The molecule has 0 aromatic heterocycles. The first-order valence-electron chi connectivity index (χ1n) is 8.02. The van der Waals surface area contributed by atoms with Crippen molar-refractivity contribution in [3.05, 3.63) is 0 Å². The highest BCUT2D eigenvalue weighted by atomic mass is 32.2. The lowest BCUT2D eigenvalue weighted by Crippen LogP contribution is -2.42. The maximum absolute atomic E-state index is 12.2. The van der Waals surface area contributed by atoms with Gasteiger partial charge >= 0.3 is 0 Å². The van der Waals surface area contributed by atoms with Crippen LogP contribution in [0.1, 0.15) is 38.5 Å². The van der Waals surface area contributed by atoms with Crippen LogP contribution >= 0.6 is 0 Å². The summed E-state index contributed by atoms with van der Waals surface area (Å²) in [5.41, 5.74) is 5.42. The van der Waals surface area contributed by atoms with Gasteiger partial charge in [0.25, 0.3) is 0 Å². The number of hydrogen-bond acceptors (Lipinski definition) is 4. The first-order chi connectivity index (χ1) is 9.62. The Kier molecular flexibility index (Phi) is 6.26. The second kappa shape index (κ2) is 7.73. The highest BCUT2D eigenvalue weighted by Gasteiger charge is 2.28. The minimum Gasteiger partial charge on any atom is -0.330 e. The van der Waals surface area contributed by atoms with Crippen LogP contribution in [0.2, 0.25) is 0 Å². The molecule has 2 saturated heterocycles. The number of sulfonamides is 1. The third-order valence-electron chi connectivity index (χ3n) is 4.54. The van der Waals surface area contributed by atoms with E-state index in [2.05, 4.69) is 4.90 Å². The summed E-state index contributed by atoms with van der Waals surface area (Å²) in [6.07, 6.45) is 6.18. The van der Waals surface area contributed by atoms with Crippen molar-refractivity contribution in [1.29, 1.82) is 0 Å². The quantitative estimate of drug-likeness (QED) is 0.709. The van der Waals surface area contributed by atoms with Crippen molar-refractivity contribution in [2.24, 2.45) is 11.7 Å². The molecule has 0 atom stereocenters. The number of nitrogens with two attached hydrogens (primary N) is 1. The van der Waals surface area contributed by atoms with Gasteiger partial charge in [-0.3, -0.25) is 0 Å². The Morgan fingerprint density at radius 1 is 1.00 bits per heavy atom. The molecule has 0 radical (unpaired) electrons. The van der Waals surface area contributed by atoms with E-state index in [1.165, 1.54) is 32.5 Å². The molecule has 2 N–H and O–H groups in total. The Labute approximate surface area is 123 Å². The molecule has 118 valence electrons. The van der Waals surface area contributed by atoms with E-state index < -0.39 is 10.0 Å². The maximum atomic E-state index is 12.2. The van der Waals surface area contributed by atoms with Gasteiger partial charge in [-0.15, -0.1) is 0 Å². The molecule has 2 fully saturated rings. The SMILES string of the molecule is NCCCCS(=O)(=O)N1CCC(CN2CCCC2)CC1. The summed E-state index contributed by atoms with van der Waals surface area (Å²) >= 11 is 0. The number of piperidine rings is 1. The maximum Gasteiger partial charge on any atom is 0.214 e. The normalized spacial score (nSPS) is 23.4. The standard InChI is InChI=1S/C14H29N3O2S/c15-7-1-4-12-20(18,19)17-10-5-14(6-11-17)13-16-8-2-3-9-16/h14H,1-13,15H2. The van der Waals surface area contributed by atoms with Crippen LogP contribution in [0.5, 0.6) is 0 Å². The number of hydrogen-bond donors (Lipinski definition) is 1. The highest BCUT2D eigenvalue weighted by Crippen LogP contribution is 2.22. The fraction of sp³-hybridized carbons (Fsp3) is 1.00. The van der Waals surface area contributed by atoms with Crippen LogP contribution in [0.3, 0.4) is 0 Å². The summed E-state index contributed by atoms with van der Waals surface area (Å²) in [5.74, 6) is 0.949. The molecule has 20 heavy (non-hydrogen) atoms. The molecule has 0 spiro atoms. The van der Waals surface area contributed by atoms with Crippen molar-refractivity contribution in [2.45, 2.75) is 38.5 Å². The first-order valence-corrected chi connectivity index (χ1v) is 9.63. The number of rotatable bonds is 7. The van der Waals surface area contributed by atoms with Gasteiger partial charge in [0.1, 0.15) is 0 Å². The Bertz CT molecular complexity index is 372. The molecule has 0 aromatic carbocycles. The summed E-state index contributed by atoms with van der Waals surface area (Å²) in [5, 5.41) is 0. The molecule has 0 aliphatic carbocycles. The van der Waals surface area contributed by atoms with Gasteiger partial charge in [-0.05, 0) is 64.1 Å². The van der Waals surface area contributed by atoms with E-state index in [0.29, 0.717) is 32.0 Å². The molecule has 2 rings (SSSR count). The van der Waals surface area contributed by atoms with Gasteiger partial charge < -0.3 is 10.6 Å². The second-order valence-corrected chi connectivity index (χ2v) is 8.25. The van der Waals surface area contributed by atoms with Gasteiger partial charge in [-0.1, -0.05) is 0 Å². The minimum atomic E-state index is -3.04. The van der Waals surface area contributed by atoms with Gasteiger partial charge in [0, 0.05) is 19.6 Å². The lowest BCUT2D eigenvalue weighted by Gasteiger charge is -2.33. The molecule has 2 aliphatic heterocycles. The third-order valence-corrected chi connectivity index (χ3v) is 6.49. The molecule has 0 amide bonds. The zero-order chi connectivity index (χ0) is 14.4. The number of likely N-dealkylation sites (tertiary alicyclic amines) is 1. The molecule has 5 nitrogen and oxygen atoms in total. The van der Waals surface area contributed by atoms with Gasteiger partial charge in [0.15, 0.2) is 0 Å². The van der Waals surface area contributed by atoms with Crippen molar-refractivity contribution in [3.8, 4) is 0 Å². The van der Waals surface area contributed by atoms with Crippen LogP contribution in [0.25, 0.3) is 0 Å². The average molecular weight is 303 g/mol. The van der Waals surface area contributed by atoms with Crippen molar-refractivity contribution >= 4 is 10.0 Å². The van der Waals surface area contributed by atoms with Crippen LogP contribution in [-0.2, 0) is 10.0 Å². The molecule has 2 heterocycles. The largest absolute Gasteiger partial charge is 0.330 e. The third kappa shape index (κ3) is 4.69. The van der Waals surface area contributed by atoms with Crippen LogP contribution in [0.15, 0.2) is 0 Å². The van der Waals surface area contributed by atoms with E-state index in [1.54, 1.807) is 4.31 Å². The zero-order valence-corrected chi connectivity index (χ0v) is 13.3. The summed E-state index contributed by atoms with van der Waals surface area (Å²) in [6.45, 7) is 5.64. The highest BCUT2D eigenvalue weighted by molar-refractivity contribution is 7.89. The summed E-state index contributed by atoms with van der Waals surface area (Å²) in [6, 6.07) is 0. The van der Waals surface area contributed by atoms with E-state index in [4.69, 9.17) is 5.73 Å². The van der Waals surface area contributed by atoms with Crippen molar-refractivity contribution in [3.63, 3.8) is 0 Å². The van der Waals surface area contributed by atoms with Crippen LogP contribution < -0.4 is 5.73 Å². The van der Waals surface area contributed by atoms with Crippen LogP contribution in [0, 0.1) is 5.92 Å². The van der Waals surface area contributed by atoms with Crippen LogP contribution in [0.4, 0.5) is 0 Å². The van der Waals surface area contributed by atoms with E-state index >= 15 is 0 Å². The topological polar surface area (TPSA) is 66.6 Å². The molecule has 6 heteroatoms. The Morgan fingerprint density at radius 2 is 1.65 bits per heavy atom. The van der Waals surface area contributed by atoms with Gasteiger partial charge in [-0.2, -0.15) is 0 Å². The predicted octanol–water partition coefficient (Wildman–Crippen LogP) is 0.863.